The Bertz CT molecular complexity index is 350. The highest BCUT2D eigenvalue weighted by Gasteiger charge is 2.19. The van der Waals surface area contributed by atoms with Crippen molar-refractivity contribution in [1.82, 2.24) is 0 Å². The number of carboxylic acid groups (broad SMARTS) is 1. The molecule has 0 radical (unpaired) electrons. The van der Waals surface area contributed by atoms with Crippen LogP contribution < -0.4 is 10.5 Å². The molecule has 0 aliphatic carbocycles. The number of carboxylic acids is 1. The van der Waals surface area contributed by atoms with Crippen molar-refractivity contribution in [2.24, 2.45) is 5.73 Å². The second kappa shape index (κ2) is 5.48. The van der Waals surface area contributed by atoms with E-state index in [9.17, 15) is 9.90 Å². The zero-order valence-corrected chi connectivity index (χ0v) is 8.96. The first kappa shape index (κ1) is 12.5. The molecular weight excluding hydrogens is 210 g/mol. The minimum absolute atomic E-state index is 0.368. The van der Waals surface area contributed by atoms with Crippen molar-refractivity contribution in [1.29, 1.82) is 0 Å². The van der Waals surface area contributed by atoms with Crippen molar-refractivity contribution in [3.63, 3.8) is 0 Å². The number of rotatable bonds is 5. The lowest BCUT2D eigenvalue weighted by Crippen LogP contribution is -2.28. The molecule has 0 saturated heterocycles. The van der Waals surface area contributed by atoms with Gasteiger partial charge in [-0.15, -0.1) is 0 Å². The van der Waals surface area contributed by atoms with Gasteiger partial charge in [0.05, 0.1) is 25.7 Å². The lowest BCUT2D eigenvalue weighted by molar-refractivity contribution is -0.139. The smallest absolute Gasteiger partial charge is 0.306 e. The van der Waals surface area contributed by atoms with Gasteiger partial charge in [0.2, 0.25) is 0 Å². The zero-order valence-electron chi connectivity index (χ0n) is 8.96. The number of aliphatic hydroxyl groups excluding tert-OH is 1. The van der Waals surface area contributed by atoms with Crippen LogP contribution in [0.15, 0.2) is 24.3 Å². The SMILES string of the molecule is COc1ccc([C@H](N)[C@H](O)CC(=O)O)cc1. The molecule has 5 nitrogen and oxygen atoms in total. The Morgan fingerprint density at radius 2 is 2.00 bits per heavy atom. The van der Waals surface area contributed by atoms with Gasteiger partial charge in [-0.3, -0.25) is 4.79 Å². The molecule has 1 aromatic rings. The topological polar surface area (TPSA) is 92.8 Å². The average molecular weight is 225 g/mol. The molecule has 0 unspecified atom stereocenters. The Labute approximate surface area is 93.5 Å². The minimum atomic E-state index is -1.09. The monoisotopic (exact) mass is 225 g/mol. The van der Waals surface area contributed by atoms with Crippen LogP contribution in [0.2, 0.25) is 0 Å². The summed E-state index contributed by atoms with van der Waals surface area (Å²) in [4.78, 5) is 10.4. The van der Waals surface area contributed by atoms with E-state index in [1.807, 2.05) is 0 Å². The Morgan fingerprint density at radius 3 is 2.44 bits per heavy atom. The van der Waals surface area contributed by atoms with E-state index in [4.69, 9.17) is 15.6 Å². The van der Waals surface area contributed by atoms with Crippen LogP contribution in [0.25, 0.3) is 0 Å². The number of benzene rings is 1. The molecule has 16 heavy (non-hydrogen) atoms. The van der Waals surface area contributed by atoms with Crippen LogP contribution in [0.4, 0.5) is 0 Å². The van der Waals surface area contributed by atoms with E-state index >= 15 is 0 Å². The molecular formula is C11H15NO4. The van der Waals surface area contributed by atoms with Gasteiger partial charge in [-0.2, -0.15) is 0 Å². The molecule has 0 bridgehead atoms. The third-order valence-electron chi connectivity index (χ3n) is 2.30. The van der Waals surface area contributed by atoms with E-state index in [1.54, 1.807) is 31.4 Å². The quantitative estimate of drug-likeness (QED) is 0.679. The molecule has 0 fully saturated rings. The van der Waals surface area contributed by atoms with E-state index in [1.165, 1.54) is 0 Å². The molecule has 0 heterocycles. The van der Waals surface area contributed by atoms with Crippen LogP contribution in [0.1, 0.15) is 18.0 Å². The first-order chi connectivity index (χ1) is 7.54. The zero-order chi connectivity index (χ0) is 12.1. The fraction of sp³-hybridized carbons (Fsp3) is 0.364. The number of carbonyl (C=O) groups is 1. The molecule has 0 amide bonds. The Kier molecular flexibility index (Phi) is 4.28. The third-order valence-corrected chi connectivity index (χ3v) is 2.30. The number of hydrogen-bond donors (Lipinski definition) is 3. The largest absolute Gasteiger partial charge is 0.497 e. The average Bonchev–Trinajstić information content (AvgIpc) is 2.27. The number of aliphatic hydroxyl groups is 1. The fourth-order valence-electron chi connectivity index (χ4n) is 1.35. The van der Waals surface area contributed by atoms with Gasteiger partial charge >= 0.3 is 5.97 Å². The molecule has 4 N–H and O–H groups in total. The van der Waals surface area contributed by atoms with Gasteiger partial charge < -0.3 is 20.7 Å². The summed E-state index contributed by atoms with van der Waals surface area (Å²) in [6.07, 6.45) is -1.46. The normalized spacial score (nSPS) is 14.2. The summed E-state index contributed by atoms with van der Waals surface area (Å²) >= 11 is 0. The molecule has 2 atom stereocenters. The summed E-state index contributed by atoms with van der Waals surface area (Å²) in [5.74, 6) is -0.389. The van der Waals surface area contributed by atoms with Gasteiger partial charge in [0.1, 0.15) is 5.75 Å². The molecule has 88 valence electrons. The second-order valence-electron chi connectivity index (χ2n) is 3.46. The second-order valence-corrected chi connectivity index (χ2v) is 3.46. The maximum atomic E-state index is 10.4. The van der Waals surface area contributed by atoms with Crippen molar-refractivity contribution < 1.29 is 19.7 Å². The van der Waals surface area contributed by atoms with Crippen LogP contribution in [0.3, 0.4) is 0 Å². The number of ether oxygens (including phenoxy) is 1. The van der Waals surface area contributed by atoms with Crippen molar-refractivity contribution in [2.45, 2.75) is 18.6 Å². The van der Waals surface area contributed by atoms with Gasteiger partial charge in [0.25, 0.3) is 0 Å². The van der Waals surface area contributed by atoms with E-state index in [-0.39, 0.29) is 6.42 Å². The van der Waals surface area contributed by atoms with Gasteiger partial charge in [-0.1, -0.05) is 12.1 Å². The maximum Gasteiger partial charge on any atom is 0.306 e. The lowest BCUT2D eigenvalue weighted by atomic mass is 10.0. The van der Waals surface area contributed by atoms with Crippen LogP contribution >= 0.6 is 0 Å². The lowest BCUT2D eigenvalue weighted by Gasteiger charge is -2.17. The Balaban J connectivity index is 2.71. The number of nitrogens with two attached hydrogens (primary N) is 1. The third kappa shape index (κ3) is 3.22. The van der Waals surface area contributed by atoms with E-state index in [0.29, 0.717) is 11.3 Å². The van der Waals surface area contributed by atoms with Crippen LogP contribution in [-0.4, -0.2) is 29.4 Å². The summed E-state index contributed by atoms with van der Waals surface area (Å²) in [5, 5.41) is 18.1. The first-order valence-corrected chi connectivity index (χ1v) is 4.84. The molecule has 0 aromatic heterocycles. The standard InChI is InChI=1S/C11H15NO4/c1-16-8-4-2-7(3-5-8)11(12)9(13)6-10(14)15/h2-5,9,11,13H,6,12H2,1H3,(H,14,15)/t9-,11+/m1/s1. The first-order valence-electron chi connectivity index (χ1n) is 4.84. The molecule has 5 heteroatoms. The highest BCUT2D eigenvalue weighted by Crippen LogP contribution is 2.19. The van der Waals surface area contributed by atoms with E-state index in [2.05, 4.69) is 0 Å². The van der Waals surface area contributed by atoms with Crippen LogP contribution in [0, 0.1) is 0 Å². The van der Waals surface area contributed by atoms with Crippen LogP contribution in [0.5, 0.6) is 5.75 Å². The number of methoxy groups -OCH3 is 1. The molecule has 0 spiro atoms. The highest BCUT2D eigenvalue weighted by atomic mass is 16.5. The van der Waals surface area contributed by atoms with E-state index in [0.717, 1.165) is 0 Å². The van der Waals surface area contributed by atoms with Gasteiger partial charge in [0.15, 0.2) is 0 Å². The van der Waals surface area contributed by atoms with E-state index < -0.39 is 18.1 Å². The summed E-state index contributed by atoms with van der Waals surface area (Å²) < 4.78 is 4.98. The molecule has 1 rings (SSSR count). The van der Waals surface area contributed by atoms with Crippen LogP contribution in [-0.2, 0) is 4.79 Å². The molecule has 0 aliphatic heterocycles. The predicted octanol–water partition coefficient (Wildman–Crippen LogP) is 0.531. The Hall–Kier alpha value is -1.59. The van der Waals surface area contributed by atoms with Gasteiger partial charge in [-0.05, 0) is 17.7 Å². The number of hydrogen-bond acceptors (Lipinski definition) is 4. The van der Waals surface area contributed by atoms with Gasteiger partial charge in [0, 0.05) is 0 Å². The highest BCUT2D eigenvalue weighted by molar-refractivity contribution is 5.67. The summed E-state index contributed by atoms with van der Waals surface area (Å²) in [7, 11) is 1.55. The summed E-state index contributed by atoms with van der Waals surface area (Å²) in [6, 6.07) is 6.12. The number of aliphatic carboxylic acids is 1. The molecule has 0 saturated carbocycles. The van der Waals surface area contributed by atoms with Crippen molar-refractivity contribution >= 4 is 5.97 Å². The van der Waals surface area contributed by atoms with Crippen molar-refractivity contribution in [2.75, 3.05) is 7.11 Å². The van der Waals surface area contributed by atoms with Crippen molar-refractivity contribution in [3.05, 3.63) is 29.8 Å². The minimum Gasteiger partial charge on any atom is -0.497 e. The summed E-state index contributed by atoms with van der Waals surface area (Å²) in [5.41, 5.74) is 6.40. The molecule has 1 aromatic carbocycles. The molecule has 0 aliphatic rings. The van der Waals surface area contributed by atoms with Gasteiger partial charge in [-0.25, -0.2) is 0 Å². The van der Waals surface area contributed by atoms with Crippen molar-refractivity contribution in [3.8, 4) is 5.75 Å². The predicted molar refractivity (Wildman–Crippen MR) is 58.2 cm³/mol. The fourth-order valence-corrected chi connectivity index (χ4v) is 1.35. The Morgan fingerprint density at radius 1 is 1.44 bits per heavy atom. The maximum absolute atomic E-state index is 10.4. The summed E-state index contributed by atoms with van der Waals surface area (Å²) in [6.45, 7) is 0.